The maximum atomic E-state index is 12.8. The quantitative estimate of drug-likeness (QED) is 0.455. The smallest absolute Gasteiger partial charge is 0.326 e. The van der Waals surface area contributed by atoms with E-state index in [1.165, 1.54) is 0 Å². The second-order valence-electron chi connectivity index (χ2n) is 8.10. The molecule has 1 spiro atoms. The van der Waals surface area contributed by atoms with Crippen LogP contribution in [0.25, 0.3) is 0 Å². The molecule has 1 saturated heterocycles. The highest BCUT2D eigenvalue weighted by atomic mass is 16.5. The van der Waals surface area contributed by atoms with Crippen LogP contribution in [-0.2, 0) is 19.1 Å². The van der Waals surface area contributed by atoms with E-state index >= 15 is 0 Å². The van der Waals surface area contributed by atoms with Crippen molar-refractivity contribution in [2.24, 2.45) is 5.92 Å². The summed E-state index contributed by atoms with van der Waals surface area (Å²) in [4.78, 5) is 61.4. The molecule has 0 radical (unpaired) electrons. The number of ether oxygens (including phenoxy) is 1. The third-order valence-corrected chi connectivity index (χ3v) is 6.10. The van der Waals surface area contributed by atoms with Crippen LogP contribution in [0, 0.1) is 5.92 Å². The molecule has 3 rings (SSSR count). The standard InChI is InChI=1S/C19H28N4O6/c1-12-6-4-5-9-19(12)16(26)23(18(28)22-19)10-15(25)29-11-14(24)21-17(27)20-13-7-2-3-8-13/h12-13H,2-11H2,1H3,(H,22,28)(H2,20,21,24,27)/t12-,19+/m1/s1. The van der Waals surface area contributed by atoms with E-state index in [0.29, 0.717) is 6.42 Å². The lowest BCUT2D eigenvalue weighted by molar-refractivity contribution is -0.151. The minimum absolute atomic E-state index is 0.0159. The topological polar surface area (TPSA) is 134 Å². The molecule has 2 aliphatic carbocycles. The summed E-state index contributed by atoms with van der Waals surface area (Å²) in [5, 5.41) is 7.53. The van der Waals surface area contributed by atoms with Gasteiger partial charge in [-0.1, -0.05) is 32.6 Å². The Bertz CT molecular complexity index is 705. The number of carbonyl (C=O) groups excluding carboxylic acids is 5. The molecule has 2 saturated carbocycles. The summed E-state index contributed by atoms with van der Waals surface area (Å²) in [5.41, 5.74) is -0.953. The van der Waals surface area contributed by atoms with E-state index in [0.717, 1.165) is 49.8 Å². The van der Waals surface area contributed by atoms with E-state index in [2.05, 4.69) is 16.0 Å². The predicted octanol–water partition coefficient (Wildman–Crippen LogP) is 0.799. The zero-order chi connectivity index (χ0) is 21.0. The fourth-order valence-electron chi connectivity index (χ4n) is 4.41. The van der Waals surface area contributed by atoms with E-state index in [4.69, 9.17) is 4.74 Å². The molecule has 10 heteroatoms. The number of amides is 6. The number of hydrogen-bond donors (Lipinski definition) is 3. The molecule has 3 N–H and O–H groups in total. The highest BCUT2D eigenvalue weighted by Crippen LogP contribution is 2.38. The molecule has 0 aromatic heterocycles. The van der Waals surface area contributed by atoms with Gasteiger partial charge in [0.05, 0.1) is 0 Å². The van der Waals surface area contributed by atoms with Crippen LogP contribution >= 0.6 is 0 Å². The van der Waals surface area contributed by atoms with Crippen LogP contribution in [0.2, 0.25) is 0 Å². The van der Waals surface area contributed by atoms with Crippen LogP contribution in [0.1, 0.15) is 58.3 Å². The lowest BCUT2D eigenvalue weighted by Crippen LogP contribution is -2.54. The van der Waals surface area contributed by atoms with E-state index in [-0.39, 0.29) is 12.0 Å². The van der Waals surface area contributed by atoms with E-state index < -0.39 is 48.5 Å². The normalized spacial score (nSPS) is 27.1. The zero-order valence-electron chi connectivity index (χ0n) is 16.6. The SMILES string of the molecule is C[C@@H]1CCCC[C@]12NC(=O)N(CC(=O)OCC(=O)NC(=O)NC1CCCC1)C2=O. The van der Waals surface area contributed by atoms with E-state index in [1.54, 1.807) is 0 Å². The number of rotatable bonds is 5. The van der Waals surface area contributed by atoms with Crippen molar-refractivity contribution >= 4 is 29.8 Å². The van der Waals surface area contributed by atoms with Gasteiger partial charge in [-0.2, -0.15) is 0 Å². The third-order valence-electron chi connectivity index (χ3n) is 6.10. The fraction of sp³-hybridized carbons (Fsp3) is 0.737. The maximum Gasteiger partial charge on any atom is 0.326 e. The molecule has 2 atom stereocenters. The lowest BCUT2D eigenvalue weighted by atomic mass is 9.73. The molecule has 10 nitrogen and oxygen atoms in total. The summed E-state index contributed by atoms with van der Waals surface area (Å²) in [6.45, 7) is 0.683. The van der Waals surface area contributed by atoms with Gasteiger partial charge in [-0.05, 0) is 31.6 Å². The number of carbonyl (C=O) groups is 5. The van der Waals surface area contributed by atoms with Crippen LogP contribution in [-0.4, -0.2) is 59.5 Å². The van der Waals surface area contributed by atoms with Gasteiger partial charge < -0.3 is 15.4 Å². The molecule has 0 unspecified atom stereocenters. The molecule has 3 fully saturated rings. The zero-order valence-corrected chi connectivity index (χ0v) is 16.6. The second kappa shape index (κ2) is 8.79. The summed E-state index contributed by atoms with van der Waals surface area (Å²) in [6, 6.07) is -1.19. The van der Waals surface area contributed by atoms with Gasteiger partial charge in [0.1, 0.15) is 12.1 Å². The molecular weight excluding hydrogens is 380 g/mol. The first-order valence-corrected chi connectivity index (χ1v) is 10.2. The van der Waals surface area contributed by atoms with Gasteiger partial charge in [0.25, 0.3) is 11.8 Å². The molecule has 0 bridgehead atoms. The van der Waals surface area contributed by atoms with E-state index in [1.807, 2.05) is 6.92 Å². The maximum absolute atomic E-state index is 12.8. The molecule has 6 amide bonds. The first kappa shape index (κ1) is 21.1. The number of urea groups is 2. The van der Waals surface area contributed by atoms with Gasteiger partial charge >= 0.3 is 18.0 Å². The third kappa shape index (κ3) is 4.68. The first-order chi connectivity index (χ1) is 13.8. The Balaban J connectivity index is 1.44. The lowest BCUT2D eigenvalue weighted by Gasteiger charge is -2.36. The minimum atomic E-state index is -0.953. The Morgan fingerprint density at radius 1 is 1.14 bits per heavy atom. The van der Waals surface area contributed by atoms with Crippen molar-refractivity contribution in [3.63, 3.8) is 0 Å². The number of nitrogens with one attached hydrogen (secondary N) is 3. The van der Waals surface area contributed by atoms with Crippen molar-refractivity contribution in [1.82, 2.24) is 20.9 Å². The molecule has 29 heavy (non-hydrogen) atoms. The van der Waals surface area contributed by atoms with Crippen molar-refractivity contribution < 1.29 is 28.7 Å². The molecule has 1 aliphatic heterocycles. The average molecular weight is 408 g/mol. The summed E-state index contributed by atoms with van der Waals surface area (Å²) < 4.78 is 4.83. The van der Waals surface area contributed by atoms with Crippen molar-refractivity contribution in [3.8, 4) is 0 Å². The summed E-state index contributed by atoms with van der Waals surface area (Å²) in [5.74, 6) is -2.10. The monoisotopic (exact) mass is 408 g/mol. The molecule has 160 valence electrons. The minimum Gasteiger partial charge on any atom is -0.454 e. The van der Waals surface area contributed by atoms with Crippen LogP contribution in [0.5, 0.6) is 0 Å². The van der Waals surface area contributed by atoms with Crippen LogP contribution in [0.3, 0.4) is 0 Å². The number of nitrogens with zero attached hydrogens (tertiary/aromatic N) is 1. The number of esters is 1. The van der Waals surface area contributed by atoms with Crippen molar-refractivity contribution in [2.75, 3.05) is 13.2 Å². The van der Waals surface area contributed by atoms with Crippen LogP contribution < -0.4 is 16.0 Å². The Hall–Kier alpha value is -2.65. The van der Waals surface area contributed by atoms with Gasteiger partial charge in [0.2, 0.25) is 0 Å². The van der Waals surface area contributed by atoms with E-state index in [9.17, 15) is 24.0 Å². The average Bonchev–Trinajstić information content (AvgIpc) is 3.25. The summed E-state index contributed by atoms with van der Waals surface area (Å²) in [7, 11) is 0. The fourth-order valence-corrected chi connectivity index (χ4v) is 4.41. The Morgan fingerprint density at radius 2 is 1.83 bits per heavy atom. The molecular formula is C19H28N4O6. The van der Waals surface area contributed by atoms with Gasteiger partial charge in [0.15, 0.2) is 6.61 Å². The first-order valence-electron chi connectivity index (χ1n) is 10.2. The van der Waals surface area contributed by atoms with Gasteiger partial charge in [0, 0.05) is 6.04 Å². The molecule has 0 aromatic carbocycles. The Labute approximate surface area is 169 Å². The Kier molecular flexibility index (Phi) is 6.39. The summed E-state index contributed by atoms with van der Waals surface area (Å²) in [6.07, 6.45) is 7.04. The highest BCUT2D eigenvalue weighted by molar-refractivity contribution is 6.09. The summed E-state index contributed by atoms with van der Waals surface area (Å²) >= 11 is 0. The van der Waals surface area contributed by atoms with Crippen LogP contribution in [0.15, 0.2) is 0 Å². The van der Waals surface area contributed by atoms with Gasteiger partial charge in [-0.25, -0.2) is 9.59 Å². The molecule has 3 aliphatic rings. The molecule has 0 aromatic rings. The number of imide groups is 2. The number of hydrogen-bond acceptors (Lipinski definition) is 6. The van der Waals surface area contributed by atoms with Gasteiger partial charge in [-0.15, -0.1) is 0 Å². The Morgan fingerprint density at radius 3 is 2.52 bits per heavy atom. The second-order valence-corrected chi connectivity index (χ2v) is 8.10. The largest absolute Gasteiger partial charge is 0.454 e. The van der Waals surface area contributed by atoms with Crippen molar-refractivity contribution in [3.05, 3.63) is 0 Å². The van der Waals surface area contributed by atoms with Crippen LogP contribution in [0.4, 0.5) is 9.59 Å². The van der Waals surface area contributed by atoms with Crippen molar-refractivity contribution in [2.45, 2.75) is 69.9 Å². The van der Waals surface area contributed by atoms with Crippen molar-refractivity contribution in [1.29, 1.82) is 0 Å². The van der Waals surface area contributed by atoms with Gasteiger partial charge in [-0.3, -0.25) is 24.6 Å². The predicted molar refractivity (Wildman–Crippen MR) is 100 cm³/mol. The highest BCUT2D eigenvalue weighted by Gasteiger charge is 2.55. The molecule has 1 heterocycles.